The lowest BCUT2D eigenvalue weighted by atomic mass is 10.1. The Bertz CT molecular complexity index is 987. The minimum absolute atomic E-state index is 0.0430. The molecule has 2 amide bonds. The number of carboxylic acid groups (broad SMARTS) is 1. The maximum Gasteiger partial charge on any atom is 0.333 e. The molecule has 0 aliphatic heterocycles. The molecule has 0 bridgehead atoms. The summed E-state index contributed by atoms with van der Waals surface area (Å²) in [7, 11) is 0. The van der Waals surface area contributed by atoms with Crippen molar-refractivity contribution in [3.63, 3.8) is 0 Å². The Hall–Kier alpha value is -3.31. The summed E-state index contributed by atoms with van der Waals surface area (Å²) >= 11 is 1.85. The van der Waals surface area contributed by atoms with E-state index in [1.807, 2.05) is 11.8 Å². The number of benzene rings is 2. The number of nitro benzene ring substituents is 1. The molecular weight excluding hydrogens is 498 g/mol. The van der Waals surface area contributed by atoms with Crippen molar-refractivity contribution in [1.82, 2.24) is 4.90 Å². The smallest absolute Gasteiger partial charge is 0.333 e. The number of hydrogen-bond acceptors (Lipinski definition) is 7. The van der Waals surface area contributed by atoms with Gasteiger partial charge in [0.05, 0.1) is 11.5 Å². The number of aliphatic carboxylic acids is 1. The SMILES string of the molecule is CCCSCCCN(CCOc1ccc(CC(OCC)C(=O)O)cc1)C(=O)Nc1ccc([N+](=O)[O-])cc1. The fourth-order valence-corrected chi connectivity index (χ4v) is 4.24. The van der Waals surface area contributed by atoms with E-state index in [2.05, 4.69) is 12.2 Å². The Balaban J connectivity index is 1.92. The van der Waals surface area contributed by atoms with Gasteiger partial charge >= 0.3 is 12.0 Å². The van der Waals surface area contributed by atoms with Crippen LogP contribution in [0.5, 0.6) is 5.75 Å². The van der Waals surface area contributed by atoms with Crippen molar-refractivity contribution in [2.45, 2.75) is 39.2 Å². The monoisotopic (exact) mass is 533 g/mol. The summed E-state index contributed by atoms with van der Waals surface area (Å²) in [4.78, 5) is 36.2. The zero-order valence-corrected chi connectivity index (χ0v) is 22.1. The molecule has 0 aliphatic rings. The van der Waals surface area contributed by atoms with E-state index in [9.17, 15) is 24.8 Å². The minimum Gasteiger partial charge on any atom is -0.492 e. The largest absolute Gasteiger partial charge is 0.492 e. The lowest BCUT2D eigenvalue weighted by Crippen LogP contribution is -2.38. The highest BCUT2D eigenvalue weighted by Crippen LogP contribution is 2.17. The van der Waals surface area contributed by atoms with Gasteiger partial charge in [-0.3, -0.25) is 10.1 Å². The summed E-state index contributed by atoms with van der Waals surface area (Å²) in [6, 6.07) is 12.5. The first-order valence-corrected chi connectivity index (χ1v) is 13.4. The number of nitrogens with zero attached hydrogens (tertiary/aromatic N) is 2. The van der Waals surface area contributed by atoms with Gasteiger partial charge < -0.3 is 24.8 Å². The summed E-state index contributed by atoms with van der Waals surface area (Å²) in [5.41, 5.74) is 1.25. The molecule has 37 heavy (non-hydrogen) atoms. The topological polar surface area (TPSA) is 131 Å². The molecule has 0 saturated carbocycles. The van der Waals surface area contributed by atoms with E-state index in [0.29, 0.717) is 31.1 Å². The van der Waals surface area contributed by atoms with Crippen LogP contribution >= 0.6 is 11.8 Å². The van der Waals surface area contributed by atoms with Crippen molar-refractivity contribution in [2.24, 2.45) is 0 Å². The standard InChI is InChI=1S/C26H35N3O7S/c1-3-17-37-18-5-14-28(26(32)27-21-8-10-22(11-9-21)29(33)34)15-16-36-23-12-6-20(7-13-23)19-24(25(30)31)35-4-2/h6-13,24H,3-5,14-19H2,1-2H3,(H,27,32)(H,30,31). The quantitative estimate of drug-likeness (QED) is 0.164. The number of nitro groups is 1. The number of carbonyl (C=O) groups is 2. The first kappa shape index (κ1) is 29.9. The lowest BCUT2D eigenvalue weighted by molar-refractivity contribution is -0.384. The fraction of sp³-hybridized carbons (Fsp3) is 0.462. The van der Waals surface area contributed by atoms with Crippen LogP contribution in [0.25, 0.3) is 0 Å². The summed E-state index contributed by atoms with van der Waals surface area (Å²) in [6.45, 7) is 5.38. The second-order valence-corrected chi connectivity index (χ2v) is 9.39. The summed E-state index contributed by atoms with van der Waals surface area (Å²) in [5.74, 6) is 1.63. The normalized spacial score (nSPS) is 11.5. The molecule has 2 N–H and O–H groups in total. The van der Waals surface area contributed by atoms with Crippen LogP contribution in [0.1, 0.15) is 32.3 Å². The van der Waals surface area contributed by atoms with Gasteiger partial charge in [0, 0.05) is 37.4 Å². The maximum absolute atomic E-state index is 12.9. The lowest BCUT2D eigenvalue weighted by Gasteiger charge is -2.23. The van der Waals surface area contributed by atoms with Crippen LogP contribution in [-0.4, -0.2) is 70.8 Å². The van der Waals surface area contributed by atoms with Crippen LogP contribution in [-0.2, 0) is 16.0 Å². The van der Waals surface area contributed by atoms with E-state index in [0.717, 1.165) is 29.9 Å². The number of anilines is 1. The van der Waals surface area contributed by atoms with Crippen LogP contribution in [0.2, 0.25) is 0 Å². The van der Waals surface area contributed by atoms with E-state index in [1.54, 1.807) is 36.1 Å². The van der Waals surface area contributed by atoms with Gasteiger partial charge in [-0.25, -0.2) is 9.59 Å². The molecule has 0 saturated heterocycles. The molecule has 10 nitrogen and oxygen atoms in total. The first-order chi connectivity index (χ1) is 17.8. The van der Waals surface area contributed by atoms with Crippen LogP contribution in [0.4, 0.5) is 16.2 Å². The highest BCUT2D eigenvalue weighted by atomic mass is 32.2. The third-order valence-corrected chi connectivity index (χ3v) is 6.57. The van der Waals surface area contributed by atoms with Crippen molar-refractivity contribution >= 4 is 35.1 Å². The van der Waals surface area contributed by atoms with Crippen LogP contribution < -0.4 is 10.1 Å². The number of thioether (sulfide) groups is 1. The van der Waals surface area contributed by atoms with Crippen molar-refractivity contribution in [3.8, 4) is 5.75 Å². The Labute approximate surface area is 221 Å². The molecule has 11 heteroatoms. The van der Waals surface area contributed by atoms with Crippen molar-refractivity contribution in [2.75, 3.05) is 43.1 Å². The van der Waals surface area contributed by atoms with Gasteiger partial charge in [0.15, 0.2) is 6.10 Å². The molecule has 0 heterocycles. The number of urea groups is 1. The van der Waals surface area contributed by atoms with E-state index in [1.165, 1.54) is 24.3 Å². The second kappa shape index (κ2) is 16.4. The molecule has 202 valence electrons. The van der Waals surface area contributed by atoms with Gasteiger partial charge in [-0.05, 0) is 61.1 Å². The van der Waals surface area contributed by atoms with Crippen LogP contribution in [0, 0.1) is 10.1 Å². The Morgan fingerprint density at radius 2 is 1.78 bits per heavy atom. The van der Waals surface area contributed by atoms with Crippen molar-refractivity contribution in [1.29, 1.82) is 0 Å². The van der Waals surface area contributed by atoms with Gasteiger partial charge in [0.1, 0.15) is 12.4 Å². The number of rotatable bonds is 17. The zero-order valence-electron chi connectivity index (χ0n) is 21.3. The average Bonchev–Trinajstić information content (AvgIpc) is 2.88. The van der Waals surface area contributed by atoms with Crippen LogP contribution in [0.15, 0.2) is 48.5 Å². The molecular formula is C26H35N3O7S. The van der Waals surface area contributed by atoms with Gasteiger partial charge in [-0.2, -0.15) is 11.8 Å². The molecule has 0 radical (unpaired) electrons. The van der Waals surface area contributed by atoms with Gasteiger partial charge in [0.25, 0.3) is 5.69 Å². The van der Waals surface area contributed by atoms with E-state index >= 15 is 0 Å². The Morgan fingerprint density at radius 3 is 2.38 bits per heavy atom. The van der Waals surface area contributed by atoms with Crippen molar-refractivity contribution < 1.29 is 29.1 Å². The molecule has 2 rings (SSSR count). The fourth-order valence-electron chi connectivity index (χ4n) is 3.42. The number of hydrogen-bond donors (Lipinski definition) is 2. The summed E-state index contributed by atoms with van der Waals surface area (Å²) in [5, 5.41) is 22.9. The summed E-state index contributed by atoms with van der Waals surface area (Å²) < 4.78 is 11.1. The molecule has 2 aromatic carbocycles. The number of non-ortho nitro benzene ring substituents is 1. The Morgan fingerprint density at radius 1 is 1.08 bits per heavy atom. The maximum atomic E-state index is 12.9. The molecule has 0 aromatic heterocycles. The highest BCUT2D eigenvalue weighted by Gasteiger charge is 2.18. The average molecular weight is 534 g/mol. The molecule has 1 unspecified atom stereocenters. The van der Waals surface area contributed by atoms with Gasteiger partial charge in [-0.1, -0.05) is 19.1 Å². The summed E-state index contributed by atoms with van der Waals surface area (Å²) in [6.07, 6.45) is 1.30. The van der Waals surface area contributed by atoms with Gasteiger partial charge in [-0.15, -0.1) is 0 Å². The second-order valence-electron chi connectivity index (χ2n) is 8.17. The van der Waals surface area contributed by atoms with E-state index < -0.39 is 17.0 Å². The number of nitrogens with one attached hydrogen (secondary N) is 1. The molecule has 1 atom stereocenters. The zero-order chi connectivity index (χ0) is 27.0. The third-order valence-electron chi connectivity index (χ3n) is 5.30. The third kappa shape index (κ3) is 11.1. The predicted molar refractivity (Wildman–Crippen MR) is 145 cm³/mol. The van der Waals surface area contributed by atoms with Crippen LogP contribution in [0.3, 0.4) is 0 Å². The molecule has 2 aromatic rings. The number of carboxylic acids is 1. The number of ether oxygens (including phenoxy) is 2. The van der Waals surface area contributed by atoms with Gasteiger partial charge in [0.2, 0.25) is 0 Å². The predicted octanol–water partition coefficient (Wildman–Crippen LogP) is 5.07. The molecule has 0 spiro atoms. The van der Waals surface area contributed by atoms with E-state index in [4.69, 9.17) is 9.47 Å². The Kier molecular flexibility index (Phi) is 13.3. The number of amides is 2. The minimum atomic E-state index is -0.998. The van der Waals surface area contributed by atoms with Crippen molar-refractivity contribution in [3.05, 3.63) is 64.2 Å². The molecule has 0 fully saturated rings. The number of carbonyl (C=O) groups excluding carboxylic acids is 1. The first-order valence-electron chi connectivity index (χ1n) is 12.3. The molecule has 0 aliphatic carbocycles. The van der Waals surface area contributed by atoms with E-state index in [-0.39, 0.29) is 24.7 Å². The highest BCUT2D eigenvalue weighted by molar-refractivity contribution is 7.99.